The molecule has 3 heteroatoms. The van der Waals surface area contributed by atoms with Gasteiger partial charge in [-0.2, -0.15) is 0 Å². The van der Waals surface area contributed by atoms with Gasteiger partial charge in [-0.05, 0) is 29.0 Å². The van der Waals surface area contributed by atoms with Crippen LogP contribution in [0.3, 0.4) is 0 Å². The minimum absolute atomic E-state index is 0.107. The van der Waals surface area contributed by atoms with E-state index in [1.165, 1.54) is 5.56 Å². The van der Waals surface area contributed by atoms with Crippen LogP contribution in [0, 0.1) is 5.92 Å². The fourth-order valence-electron chi connectivity index (χ4n) is 3.85. The summed E-state index contributed by atoms with van der Waals surface area (Å²) in [5.41, 5.74) is 5.08. The third-order valence-electron chi connectivity index (χ3n) is 5.19. The molecular weight excluding hydrogens is 368 g/mol. The molecule has 3 nitrogen and oxygen atoms in total. The van der Waals surface area contributed by atoms with Crippen LogP contribution < -0.4 is 5.56 Å². The highest BCUT2D eigenvalue weighted by Gasteiger charge is 2.20. The van der Waals surface area contributed by atoms with E-state index in [0.717, 1.165) is 28.8 Å². The van der Waals surface area contributed by atoms with Crippen LogP contribution in [0.1, 0.15) is 42.1 Å². The van der Waals surface area contributed by atoms with Gasteiger partial charge < -0.3 is 4.98 Å². The van der Waals surface area contributed by atoms with Gasteiger partial charge in [-0.1, -0.05) is 98.8 Å². The molecule has 4 rings (SSSR count). The fraction of sp³-hybridized carbons (Fsp3) is 0.185. The van der Waals surface area contributed by atoms with Crippen molar-refractivity contribution in [2.75, 3.05) is 0 Å². The Morgan fingerprint density at radius 2 is 1.40 bits per heavy atom. The summed E-state index contributed by atoms with van der Waals surface area (Å²) >= 11 is 0. The molecule has 3 aromatic carbocycles. The average Bonchev–Trinajstić information content (AvgIpc) is 2.76. The van der Waals surface area contributed by atoms with Gasteiger partial charge >= 0.3 is 0 Å². The highest BCUT2D eigenvalue weighted by molar-refractivity contribution is 5.55. The molecule has 1 atom stereocenters. The Balaban J connectivity index is 1.82. The van der Waals surface area contributed by atoms with Crippen LogP contribution in [-0.2, 0) is 6.42 Å². The molecule has 0 amide bonds. The summed E-state index contributed by atoms with van der Waals surface area (Å²) in [5.74, 6) is 1.10. The summed E-state index contributed by atoms with van der Waals surface area (Å²) in [5, 5.41) is 0. The predicted octanol–water partition coefficient (Wildman–Crippen LogP) is 5.82. The number of aromatic nitrogens is 2. The number of H-pyrrole nitrogens is 1. The lowest BCUT2D eigenvalue weighted by atomic mass is 9.87. The molecule has 0 aliphatic heterocycles. The molecule has 0 aliphatic rings. The van der Waals surface area contributed by atoms with Crippen molar-refractivity contribution in [3.05, 3.63) is 124 Å². The molecule has 0 aliphatic carbocycles. The first-order valence-electron chi connectivity index (χ1n) is 10.4. The third kappa shape index (κ3) is 4.57. The van der Waals surface area contributed by atoms with Crippen LogP contribution in [0.15, 0.2) is 95.8 Å². The maximum Gasteiger partial charge on any atom is 0.251 e. The number of nitrogens with zero attached hydrogens (tertiary/aromatic N) is 1. The zero-order valence-electron chi connectivity index (χ0n) is 17.4. The van der Waals surface area contributed by atoms with E-state index < -0.39 is 0 Å². The van der Waals surface area contributed by atoms with E-state index in [1.807, 2.05) is 48.5 Å². The first-order valence-corrected chi connectivity index (χ1v) is 10.4. The van der Waals surface area contributed by atoms with Crippen molar-refractivity contribution in [3.8, 4) is 11.4 Å². The van der Waals surface area contributed by atoms with E-state index in [9.17, 15) is 4.79 Å². The number of benzene rings is 3. The Kier molecular flexibility index (Phi) is 5.89. The predicted molar refractivity (Wildman–Crippen MR) is 123 cm³/mol. The van der Waals surface area contributed by atoms with E-state index >= 15 is 0 Å². The van der Waals surface area contributed by atoms with Gasteiger partial charge in [0.25, 0.3) is 5.56 Å². The molecular formula is C27H26N2O. The molecule has 0 saturated heterocycles. The van der Waals surface area contributed by atoms with Crippen LogP contribution >= 0.6 is 0 Å². The van der Waals surface area contributed by atoms with Gasteiger partial charge in [0.05, 0.1) is 11.6 Å². The van der Waals surface area contributed by atoms with Gasteiger partial charge in [0, 0.05) is 11.6 Å². The molecule has 0 saturated carbocycles. The second kappa shape index (κ2) is 8.91. The molecule has 1 aromatic heterocycles. The molecule has 0 radical (unpaired) electrons. The lowest BCUT2D eigenvalue weighted by Gasteiger charge is -2.19. The zero-order valence-corrected chi connectivity index (χ0v) is 17.4. The van der Waals surface area contributed by atoms with Gasteiger partial charge in [0.2, 0.25) is 0 Å². The van der Waals surface area contributed by atoms with E-state index in [0.29, 0.717) is 11.7 Å². The van der Waals surface area contributed by atoms with E-state index in [4.69, 9.17) is 4.98 Å². The summed E-state index contributed by atoms with van der Waals surface area (Å²) < 4.78 is 0. The van der Waals surface area contributed by atoms with Crippen molar-refractivity contribution in [3.63, 3.8) is 0 Å². The number of hydrogen-bond acceptors (Lipinski definition) is 2. The first kappa shape index (κ1) is 19.8. The van der Waals surface area contributed by atoms with Crippen molar-refractivity contribution < 1.29 is 0 Å². The topological polar surface area (TPSA) is 45.8 Å². The Morgan fingerprint density at radius 3 is 2.03 bits per heavy atom. The van der Waals surface area contributed by atoms with Gasteiger partial charge in [0.1, 0.15) is 5.82 Å². The lowest BCUT2D eigenvalue weighted by molar-refractivity contribution is 0.647. The van der Waals surface area contributed by atoms with E-state index in [2.05, 4.69) is 55.2 Å². The molecule has 0 spiro atoms. The Hall–Kier alpha value is -3.46. The monoisotopic (exact) mass is 394 g/mol. The van der Waals surface area contributed by atoms with Gasteiger partial charge in [-0.15, -0.1) is 0 Å². The summed E-state index contributed by atoms with van der Waals surface area (Å²) in [6.45, 7) is 4.46. The van der Waals surface area contributed by atoms with Crippen molar-refractivity contribution >= 4 is 0 Å². The fourth-order valence-corrected chi connectivity index (χ4v) is 3.85. The molecule has 1 N–H and O–H groups in total. The van der Waals surface area contributed by atoms with Crippen molar-refractivity contribution in [2.45, 2.75) is 26.2 Å². The van der Waals surface area contributed by atoms with Crippen LogP contribution in [-0.4, -0.2) is 9.97 Å². The minimum atomic E-state index is -0.142. The van der Waals surface area contributed by atoms with Gasteiger partial charge in [0.15, 0.2) is 0 Å². The van der Waals surface area contributed by atoms with Crippen LogP contribution in [0.2, 0.25) is 0 Å². The second-order valence-electron chi connectivity index (χ2n) is 8.07. The Morgan fingerprint density at radius 1 is 0.800 bits per heavy atom. The number of hydrogen-bond donors (Lipinski definition) is 1. The molecule has 0 fully saturated rings. The van der Waals surface area contributed by atoms with Gasteiger partial charge in [-0.25, -0.2) is 4.98 Å². The standard InChI is InChI=1S/C27H26N2O/c1-19(2)17-20-13-15-22(16-14-20)26(21-9-5-3-6-10-21)24-18-25(30)29-27(28-24)23-11-7-4-8-12-23/h3-16,18-19,26H,17H2,1-2H3,(H,28,29,30). The van der Waals surface area contributed by atoms with Crippen LogP contribution in [0.4, 0.5) is 0 Å². The van der Waals surface area contributed by atoms with E-state index in [1.54, 1.807) is 6.07 Å². The molecule has 1 unspecified atom stereocenters. The largest absolute Gasteiger partial charge is 0.307 e. The number of aromatic amines is 1. The summed E-state index contributed by atoms with van der Waals surface area (Å²) in [7, 11) is 0. The normalized spacial score (nSPS) is 12.1. The third-order valence-corrected chi connectivity index (χ3v) is 5.19. The Labute approximate surface area is 177 Å². The summed E-state index contributed by atoms with van der Waals surface area (Å²) in [6.07, 6.45) is 1.05. The summed E-state index contributed by atoms with van der Waals surface area (Å²) in [6, 6.07) is 30.4. The maximum absolute atomic E-state index is 12.5. The van der Waals surface area contributed by atoms with E-state index in [-0.39, 0.29) is 11.5 Å². The lowest BCUT2D eigenvalue weighted by Crippen LogP contribution is -2.15. The van der Waals surface area contributed by atoms with Crippen molar-refractivity contribution in [1.29, 1.82) is 0 Å². The highest BCUT2D eigenvalue weighted by Crippen LogP contribution is 2.31. The van der Waals surface area contributed by atoms with Gasteiger partial charge in [-0.3, -0.25) is 4.79 Å². The van der Waals surface area contributed by atoms with Crippen LogP contribution in [0.25, 0.3) is 11.4 Å². The molecule has 4 aromatic rings. The number of nitrogens with one attached hydrogen (secondary N) is 1. The second-order valence-corrected chi connectivity index (χ2v) is 8.07. The Bertz CT molecular complexity index is 1150. The quantitative estimate of drug-likeness (QED) is 0.448. The number of rotatable bonds is 6. The molecule has 1 heterocycles. The van der Waals surface area contributed by atoms with Crippen molar-refractivity contribution in [2.24, 2.45) is 5.92 Å². The highest BCUT2D eigenvalue weighted by atomic mass is 16.1. The molecule has 150 valence electrons. The average molecular weight is 395 g/mol. The smallest absolute Gasteiger partial charge is 0.251 e. The minimum Gasteiger partial charge on any atom is -0.307 e. The molecule has 30 heavy (non-hydrogen) atoms. The van der Waals surface area contributed by atoms with Crippen molar-refractivity contribution in [1.82, 2.24) is 9.97 Å². The molecule has 0 bridgehead atoms. The zero-order chi connectivity index (χ0) is 20.9. The SMILES string of the molecule is CC(C)Cc1ccc(C(c2ccccc2)c2cc(=O)[nH]c(-c3ccccc3)n2)cc1. The van der Waals surface area contributed by atoms with Crippen LogP contribution in [0.5, 0.6) is 0 Å². The maximum atomic E-state index is 12.5. The first-order chi connectivity index (χ1) is 14.6. The summed E-state index contributed by atoms with van der Waals surface area (Å²) in [4.78, 5) is 20.3.